The second-order valence-corrected chi connectivity index (χ2v) is 10.3. The van der Waals surface area contributed by atoms with Crippen molar-refractivity contribution in [2.24, 2.45) is 0 Å². The lowest BCUT2D eigenvalue weighted by molar-refractivity contribution is 0.312. The van der Waals surface area contributed by atoms with Gasteiger partial charge in [-0.2, -0.15) is 15.1 Å². The van der Waals surface area contributed by atoms with Crippen molar-refractivity contribution in [2.45, 2.75) is 26.4 Å². The molecule has 0 bridgehead atoms. The van der Waals surface area contributed by atoms with Gasteiger partial charge in [0.25, 0.3) is 0 Å². The molecule has 5 heterocycles. The van der Waals surface area contributed by atoms with Crippen molar-refractivity contribution in [3.05, 3.63) is 71.7 Å². The molecule has 0 atom stereocenters. The molecule has 0 amide bonds. The van der Waals surface area contributed by atoms with E-state index in [-0.39, 0.29) is 0 Å². The third kappa shape index (κ3) is 5.65. The number of nitrogens with zero attached hydrogens (tertiary/aromatic N) is 8. The molecule has 0 radical (unpaired) electrons. The molecule has 2 aliphatic rings. The third-order valence-electron chi connectivity index (χ3n) is 7.49. The number of pyridine rings is 1. The van der Waals surface area contributed by atoms with Gasteiger partial charge in [-0.15, -0.1) is 0 Å². The van der Waals surface area contributed by atoms with Gasteiger partial charge in [0.15, 0.2) is 0 Å². The molecule has 202 valence electrons. The molecule has 3 aromatic heterocycles. The molecule has 10 nitrogen and oxygen atoms in total. The quantitative estimate of drug-likeness (QED) is 0.390. The highest BCUT2D eigenvalue weighted by Crippen LogP contribution is 2.30. The van der Waals surface area contributed by atoms with Crippen LogP contribution in [0.5, 0.6) is 5.88 Å². The Bertz CT molecular complexity index is 1430. The molecular weight excluding hydrogens is 490 g/mol. The smallest absolute Gasteiger partial charge is 0.223 e. The highest BCUT2D eigenvalue weighted by molar-refractivity contribution is 5.64. The van der Waals surface area contributed by atoms with Crippen molar-refractivity contribution in [1.82, 2.24) is 29.6 Å². The van der Waals surface area contributed by atoms with E-state index in [1.54, 1.807) is 0 Å². The lowest BCUT2D eigenvalue weighted by Crippen LogP contribution is -2.45. The van der Waals surface area contributed by atoms with Gasteiger partial charge >= 0.3 is 0 Å². The minimum atomic E-state index is 0.330. The number of hydrogen-bond acceptors (Lipinski definition) is 9. The molecule has 1 aromatic carbocycles. The first-order valence-electron chi connectivity index (χ1n) is 13.6. The first kappa shape index (κ1) is 25.1. The van der Waals surface area contributed by atoms with Crippen LogP contribution < -0.4 is 20.3 Å². The average Bonchev–Trinajstić information content (AvgIpc) is 3.42. The van der Waals surface area contributed by atoms with Crippen molar-refractivity contribution in [2.75, 3.05) is 61.9 Å². The maximum absolute atomic E-state index is 6.17. The standard InChI is InChI=1S/C29H35N9O/c1-3-39-28-7-4-21(16-31-28)18-38-20-25(17-32-38)23-6-5-22-8-9-37(19-24(22)14-23)27-15-26(33-29(30)34-27)36-12-10-35(2)11-13-36/h4-7,14-17,20H,3,8-13,18-19H2,1-2H3,(H2,30,33,34). The van der Waals surface area contributed by atoms with E-state index in [0.29, 0.717) is 25.0 Å². The van der Waals surface area contributed by atoms with Gasteiger partial charge in [-0.25, -0.2) is 4.98 Å². The van der Waals surface area contributed by atoms with Crippen molar-refractivity contribution in [3.63, 3.8) is 0 Å². The average molecular weight is 526 g/mol. The van der Waals surface area contributed by atoms with Crippen molar-refractivity contribution >= 4 is 17.6 Å². The summed E-state index contributed by atoms with van der Waals surface area (Å²) in [6.07, 6.45) is 6.83. The summed E-state index contributed by atoms with van der Waals surface area (Å²) in [5, 5.41) is 4.60. The fraction of sp³-hybridized carbons (Fsp3) is 0.379. The van der Waals surface area contributed by atoms with Gasteiger partial charge in [0, 0.05) is 69.4 Å². The number of rotatable bonds is 7. The number of piperazine rings is 1. The lowest BCUT2D eigenvalue weighted by atomic mass is 9.95. The van der Waals surface area contributed by atoms with Gasteiger partial charge in [0.1, 0.15) is 11.6 Å². The van der Waals surface area contributed by atoms with Gasteiger partial charge in [0.2, 0.25) is 11.8 Å². The SMILES string of the molecule is CCOc1ccc(Cn2cc(-c3ccc4c(c3)CN(c3cc(N5CCN(C)CC5)nc(N)n3)CC4)cn2)cn1. The molecule has 1 saturated heterocycles. The van der Waals surface area contributed by atoms with Crippen LogP contribution in [0, 0.1) is 0 Å². The topological polar surface area (TPSA) is 101 Å². The van der Waals surface area contributed by atoms with Crippen LogP contribution in [0.4, 0.5) is 17.6 Å². The first-order valence-corrected chi connectivity index (χ1v) is 13.6. The van der Waals surface area contributed by atoms with Gasteiger partial charge < -0.3 is 25.2 Å². The Kier molecular flexibility index (Phi) is 7.02. The number of benzene rings is 1. The Balaban J connectivity index is 1.17. The van der Waals surface area contributed by atoms with Crippen LogP contribution in [-0.4, -0.2) is 76.0 Å². The number of anilines is 3. The van der Waals surface area contributed by atoms with Crippen molar-refractivity contribution in [3.8, 4) is 17.0 Å². The lowest BCUT2D eigenvalue weighted by Gasteiger charge is -2.34. The van der Waals surface area contributed by atoms with E-state index < -0.39 is 0 Å². The molecule has 0 unspecified atom stereocenters. The number of hydrogen-bond donors (Lipinski definition) is 1. The minimum absolute atomic E-state index is 0.330. The number of ether oxygens (including phenoxy) is 1. The van der Waals surface area contributed by atoms with Crippen LogP contribution in [0.15, 0.2) is 55.0 Å². The summed E-state index contributed by atoms with van der Waals surface area (Å²) in [5.41, 5.74) is 12.2. The number of aromatic nitrogens is 5. The fourth-order valence-electron chi connectivity index (χ4n) is 5.26. The predicted molar refractivity (Wildman–Crippen MR) is 153 cm³/mol. The van der Waals surface area contributed by atoms with E-state index in [4.69, 9.17) is 10.5 Å². The Morgan fingerprint density at radius 2 is 1.69 bits per heavy atom. The predicted octanol–water partition coefficient (Wildman–Crippen LogP) is 3.08. The molecule has 39 heavy (non-hydrogen) atoms. The summed E-state index contributed by atoms with van der Waals surface area (Å²) in [5.74, 6) is 2.78. The molecule has 6 rings (SSSR count). The Morgan fingerprint density at radius 1 is 0.872 bits per heavy atom. The summed E-state index contributed by atoms with van der Waals surface area (Å²) < 4.78 is 7.39. The Morgan fingerprint density at radius 3 is 2.46 bits per heavy atom. The van der Waals surface area contributed by atoms with E-state index >= 15 is 0 Å². The monoisotopic (exact) mass is 525 g/mol. The first-order chi connectivity index (χ1) is 19.0. The van der Waals surface area contributed by atoms with Gasteiger partial charge in [-0.3, -0.25) is 4.68 Å². The molecule has 0 saturated carbocycles. The maximum Gasteiger partial charge on any atom is 0.223 e. The van der Waals surface area contributed by atoms with Crippen LogP contribution in [-0.2, 0) is 19.5 Å². The normalized spacial score (nSPS) is 15.8. The maximum atomic E-state index is 6.17. The molecule has 0 spiro atoms. The summed E-state index contributed by atoms with van der Waals surface area (Å²) in [6.45, 7) is 8.84. The van der Waals surface area contributed by atoms with Gasteiger partial charge in [0.05, 0.1) is 19.3 Å². The van der Waals surface area contributed by atoms with Crippen LogP contribution >= 0.6 is 0 Å². The minimum Gasteiger partial charge on any atom is -0.478 e. The van der Waals surface area contributed by atoms with Gasteiger partial charge in [-0.05, 0) is 48.7 Å². The van der Waals surface area contributed by atoms with E-state index in [1.165, 1.54) is 11.1 Å². The van der Waals surface area contributed by atoms with Crippen LogP contribution in [0.25, 0.3) is 11.1 Å². The molecule has 0 aliphatic carbocycles. The second kappa shape index (κ2) is 10.9. The zero-order valence-corrected chi connectivity index (χ0v) is 22.6. The molecule has 1 fully saturated rings. The highest BCUT2D eigenvalue weighted by atomic mass is 16.5. The summed E-state index contributed by atoms with van der Waals surface area (Å²) in [4.78, 5) is 20.5. The molecule has 2 N–H and O–H groups in total. The van der Waals surface area contributed by atoms with Crippen LogP contribution in [0.1, 0.15) is 23.6 Å². The summed E-state index contributed by atoms with van der Waals surface area (Å²) in [7, 11) is 2.15. The largest absolute Gasteiger partial charge is 0.478 e. The van der Waals surface area contributed by atoms with E-state index in [9.17, 15) is 0 Å². The molecule has 4 aromatic rings. The van der Waals surface area contributed by atoms with E-state index in [2.05, 4.69) is 72.3 Å². The van der Waals surface area contributed by atoms with Crippen molar-refractivity contribution < 1.29 is 4.74 Å². The summed E-state index contributed by atoms with van der Waals surface area (Å²) in [6, 6.07) is 12.8. The van der Waals surface area contributed by atoms with Crippen LogP contribution in [0.2, 0.25) is 0 Å². The van der Waals surface area contributed by atoms with Gasteiger partial charge in [-0.1, -0.05) is 18.2 Å². The van der Waals surface area contributed by atoms with E-state index in [0.717, 1.165) is 74.0 Å². The zero-order chi connectivity index (χ0) is 26.8. The Hall–Kier alpha value is -4.18. The number of nitrogen functional groups attached to an aromatic ring is 1. The molecular formula is C29H35N9O. The Labute approximate surface area is 229 Å². The number of fused-ring (bicyclic) bond motifs is 1. The third-order valence-corrected chi connectivity index (χ3v) is 7.49. The fourth-order valence-corrected chi connectivity index (χ4v) is 5.26. The van der Waals surface area contributed by atoms with E-state index in [1.807, 2.05) is 36.1 Å². The summed E-state index contributed by atoms with van der Waals surface area (Å²) >= 11 is 0. The second-order valence-electron chi connectivity index (χ2n) is 10.3. The number of likely N-dealkylation sites (N-methyl/N-ethyl adjacent to an activating group) is 1. The number of nitrogens with two attached hydrogens (primary N) is 1. The van der Waals surface area contributed by atoms with Crippen LogP contribution in [0.3, 0.4) is 0 Å². The highest BCUT2D eigenvalue weighted by Gasteiger charge is 2.22. The molecule has 10 heteroatoms. The zero-order valence-electron chi connectivity index (χ0n) is 22.6. The molecule has 2 aliphatic heterocycles. The van der Waals surface area contributed by atoms with Crippen molar-refractivity contribution in [1.29, 1.82) is 0 Å².